The fraction of sp³-hybridized carbons (Fsp3) is 0.900. The van der Waals surface area contributed by atoms with E-state index in [0.717, 1.165) is 24.2 Å². The van der Waals surface area contributed by atoms with Gasteiger partial charge in [0.25, 0.3) is 0 Å². The van der Waals surface area contributed by atoms with E-state index in [1.165, 1.54) is 38.5 Å². The molecule has 0 bridgehead atoms. The van der Waals surface area contributed by atoms with E-state index in [0.29, 0.717) is 29.4 Å². The molecule has 0 spiro atoms. The molecule has 3 fully saturated rings. The molecular weight excluding hydrogens is 272 g/mol. The Morgan fingerprint density at radius 2 is 1.77 bits per heavy atom. The van der Waals surface area contributed by atoms with Gasteiger partial charge < -0.3 is 10.2 Å². The van der Waals surface area contributed by atoms with Crippen molar-refractivity contribution in [3.8, 4) is 0 Å². The van der Waals surface area contributed by atoms with Crippen molar-refractivity contribution in [1.29, 1.82) is 0 Å². The smallest absolute Gasteiger partial charge is 0.136 e. The minimum Gasteiger partial charge on any atom is -0.509 e. The fourth-order valence-corrected chi connectivity index (χ4v) is 7.36. The molecule has 0 aromatic carbocycles. The lowest BCUT2D eigenvalue weighted by Crippen LogP contribution is -2.55. The normalized spacial score (nSPS) is 54.6. The van der Waals surface area contributed by atoms with E-state index >= 15 is 0 Å². The highest BCUT2D eigenvalue weighted by atomic mass is 16.3. The summed E-state index contributed by atoms with van der Waals surface area (Å²) in [5.41, 5.74) is 0.387. The third-order valence-electron chi connectivity index (χ3n) is 8.56. The number of hydrogen-bond donors (Lipinski definition) is 2. The molecule has 124 valence electrons. The summed E-state index contributed by atoms with van der Waals surface area (Å²) in [4.78, 5) is 0. The monoisotopic (exact) mass is 304 g/mol. The second kappa shape index (κ2) is 4.68. The molecule has 0 amide bonds. The Bertz CT molecular complexity index is 510. The molecule has 0 unspecified atom stereocenters. The second-order valence-electron chi connectivity index (χ2n) is 9.40. The Morgan fingerprint density at radius 1 is 1.00 bits per heavy atom. The molecule has 4 rings (SSSR count). The van der Waals surface area contributed by atoms with Crippen molar-refractivity contribution in [3.63, 3.8) is 0 Å². The summed E-state index contributed by atoms with van der Waals surface area (Å²) in [6, 6.07) is 0. The topological polar surface area (TPSA) is 40.5 Å². The van der Waals surface area contributed by atoms with Crippen LogP contribution < -0.4 is 0 Å². The van der Waals surface area contributed by atoms with Gasteiger partial charge in [0.2, 0.25) is 0 Å². The average molecular weight is 304 g/mol. The highest BCUT2D eigenvalue weighted by Crippen LogP contribution is 2.67. The summed E-state index contributed by atoms with van der Waals surface area (Å²) in [5.74, 6) is 4.13. The summed E-state index contributed by atoms with van der Waals surface area (Å²) in [5, 5.41) is 21.0. The van der Waals surface area contributed by atoms with Crippen LogP contribution in [0.1, 0.15) is 72.1 Å². The number of rotatable bonds is 0. The fourth-order valence-electron chi connectivity index (χ4n) is 7.36. The van der Waals surface area contributed by atoms with Crippen LogP contribution in [-0.4, -0.2) is 10.2 Å². The molecule has 22 heavy (non-hydrogen) atoms. The first kappa shape index (κ1) is 14.9. The van der Waals surface area contributed by atoms with Crippen LogP contribution in [0, 0.1) is 40.4 Å². The SMILES string of the molecule is C[C@H]1C[C@@H]2CCC(O)=C(O)[C@]2(C)[C@H]2CC[C@]3(C)CCC[C@H]3[C@H]12. The third kappa shape index (κ3) is 1.73. The van der Waals surface area contributed by atoms with Crippen molar-refractivity contribution in [1.82, 2.24) is 0 Å². The van der Waals surface area contributed by atoms with Crippen LogP contribution >= 0.6 is 0 Å². The van der Waals surface area contributed by atoms with Gasteiger partial charge in [-0.25, -0.2) is 0 Å². The molecule has 0 aliphatic heterocycles. The zero-order valence-electron chi connectivity index (χ0n) is 14.4. The maximum Gasteiger partial charge on any atom is 0.136 e. The molecular formula is C20H32O2. The molecule has 2 N–H and O–H groups in total. The summed E-state index contributed by atoms with van der Waals surface area (Å²) >= 11 is 0. The Morgan fingerprint density at radius 3 is 2.55 bits per heavy atom. The van der Waals surface area contributed by atoms with Gasteiger partial charge in [-0.1, -0.05) is 27.2 Å². The lowest BCUT2D eigenvalue weighted by molar-refractivity contribution is -0.119. The molecule has 3 saturated carbocycles. The minimum atomic E-state index is -0.163. The maximum absolute atomic E-state index is 10.8. The van der Waals surface area contributed by atoms with Gasteiger partial charge in [-0.15, -0.1) is 0 Å². The van der Waals surface area contributed by atoms with Gasteiger partial charge >= 0.3 is 0 Å². The molecule has 0 heterocycles. The first-order valence-corrected chi connectivity index (χ1v) is 9.49. The molecule has 0 radical (unpaired) electrons. The summed E-state index contributed by atoms with van der Waals surface area (Å²) in [6.45, 7) is 7.26. The van der Waals surface area contributed by atoms with E-state index < -0.39 is 0 Å². The van der Waals surface area contributed by atoms with E-state index in [9.17, 15) is 10.2 Å². The van der Waals surface area contributed by atoms with Crippen LogP contribution in [0.5, 0.6) is 0 Å². The largest absolute Gasteiger partial charge is 0.509 e. The van der Waals surface area contributed by atoms with Crippen LogP contribution in [0.25, 0.3) is 0 Å². The summed E-state index contributed by atoms with van der Waals surface area (Å²) in [6.07, 6.45) is 9.72. The van der Waals surface area contributed by atoms with Gasteiger partial charge in [-0.05, 0) is 73.5 Å². The van der Waals surface area contributed by atoms with Crippen LogP contribution in [0.4, 0.5) is 0 Å². The Hall–Kier alpha value is -0.660. The van der Waals surface area contributed by atoms with Gasteiger partial charge in [0, 0.05) is 11.8 Å². The van der Waals surface area contributed by atoms with Crippen molar-refractivity contribution < 1.29 is 10.2 Å². The van der Waals surface area contributed by atoms with Gasteiger partial charge in [0.15, 0.2) is 0 Å². The molecule has 0 saturated heterocycles. The summed E-state index contributed by atoms with van der Waals surface area (Å²) < 4.78 is 0. The zero-order chi connectivity index (χ0) is 15.7. The van der Waals surface area contributed by atoms with Crippen LogP contribution in [0.3, 0.4) is 0 Å². The molecule has 2 nitrogen and oxygen atoms in total. The third-order valence-corrected chi connectivity index (χ3v) is 8.56. The minimum absolute atomic E-state index is 0.163. The predicted octanol–water partition coefficient (Wildman–Crippen LogP) is 5.60. The average Bonchev–Trinajstić information content (AvgIpc) is 2.87. The number of aliphatic hydroxyl groups is 2. The van der Waals surface area contributed by atoms with E-state index in [-0.39, 0.29) is 11.2 Å². The van der Waals surface area contributed by atoms with Crippen LogP contribution in [0.2, 0.25) is 0 Å². The number of hydrogen-bond acceptors (Lipinski definition) is 2. The Labute approximate surface area is 135 Å². The molecule has 0 aromatic rings. The molecule has 0 aromatic heterocycles. The lowest BCUT2D eigenvalue weighted by Gasteiger charge is -2.61. The zero-order valence-corrected chi connectivity index (χ0v) is 14.4. The van der Waals surface area contributed by atoms with E-state index in [4.69, 9.17) is 0 Å². The van der Waals surface area contributed by atoms with Gasteiger partial charge in [0.1, 0.15) is 11.5 Å². The van der Waals surface area contributed by atoms with Crippen LogP contribution in [-0.2, 0) is 0 Å². The lowest BCUT2D eigenvalue weighted by atomic mass is 9.44. The number of fused-ring (bicyclic) bond motifs is 5. The van der Waals surface area contributed by atoms with Crippen LogP contribution in [0.15, 0.2) is 11.5 Å². The van der Waals surface area contributed by atoms with Crippen molar-refractivity contribution in [2.45, 2.75) is 72.1 Å². The number of aliphatic hydroxyl groups excluding tert-OH is 2. The van der Waals surface area contributed by atoms with Crippen molar-refractivity contribution in [3.05, 3.63) is 11.5 Å². The van der Waals surface area contributed by atoms with E-state index in [2.05, 4.69) is 20.8 Å². The second-order valence-corrected chi connectivity index (χ2v) is 9.40. The molecule has 4 aliphatic carbocycles. The van der Waals surface area contributed by atoms with E-state index in [1.54, 1.807) is 0 Å². The van der Waals surface area contributed by atoms with E-state index in [1.807, 2.05) is 0 Å². The molecule has 2 heteroatoms. The van der Waals surface area contributed by atoms with Crippen molar-refractivity contribution >= 4 is 0 Å². The highest BCUT2D eigenvalue weighted by Gasteiger charge is 2.61. The molecule has 7 atom stereocenters. The Balaban J connectivity index is 1.77. The van der Waals surface area contributed by atoms with Crippen molar-refractivity contribution in [2.75, 3.05) is 0 Å². The maximum atomic E-state index is 10.8. The standard InChI is InChI=1S/C20H32O2/c1-12-11-13-6-7-16(21)18(22)20(13,3)15-8-10-19(2)9-4-5-14(19)17(12)15/h12-15,17,21-22H,4-11H2,1-3H3/t12-,13-,14-,15-,17-,19-,20-/m0/s1. The van der Waals surface area contributed by atoms with Crippen molar-refractivity contribution in [2.24, 2.45) is 40.4 Å². The summed E-state index contributed by atoms with van der Waals surface area (Å²) in [7, 11) is 0. The van der Waals surface area contributed by atoms with Gasteiger partial charge in [-0.3, -0.25) is 0 Å². The molecule has 4 aliphatic rings. The Kier molecular flexibility index (Phi) is 3.17. The first-order valence-electron chi connectivity index (χ1n) is 9.49. The number of allylic oxidation sites excluding steroid dienone is 2. The first-order chi connectivity index (χ1) is 10.4. The quantitative estimate of drug-likeness (QED) is 0.611. The van der Waals surface area contributed by atoms with Gasteiger partial charge in [-0.2, -0.15) is 0 Å². The predicted molar refractivity (Wildman–Crippen MR) is 88.6 cm³/mol. The highest BCUT2D eigenvalue weighted by molar-refractivity contribution is 5.22. The van der Waals surface area contributed by atoms with Gasteiger partial charge in [0.05, 0.1) is 0 Å².